The molecule has 7 heteroatoms. The third-order valence-corrected chi connectivity index (χ3v) is 3.60. The van der Waals surface area contributed by atoms with Crippen LogP contribution in [-0.4, -0.2) is 27.8 Å². The molecule has 2 aromatic heterocycles. The molecule has 0 bridgehead atoms. The Morgan fingerprint density at radius 2 is 1.75 bits per heavy atom. The third kappa shape index (κ3) is 3.21. The smallest absolute Gasteiger partial charge is 0.418 e. The molecule has 0 unspecified atom stereocenters. The van der Waals surface area contributed by atoms with E-state index in [1.807, 2.05) is 32.0 Å². The second-order valence-corrected chi connectivity index (χ2v) is 5.39. The van der Waals surface area contributed by atoms with Crippen molar-refractivity contribution in [1.82, 2.24) is 14.6 Å². The van der Waals surface area contributed by atoms with E-state index >= 15 is 0 Å². The number of hydrogen-bond acceptors (Lipinski definition) is 4. The zero-order chi connectivity index (χ0) is 17.2. The summed E-state index contributed by atoms with van der Waals surface area (Å²) in [5, 5.41) is 7.23. The molecule has 3 aromatic rings. The molecular weight excluding hydrogens is 316 g/mol. The van der Waals surface area contributed by atoms with Crippen molar-refractivity contribution in [1.29, 1.82) is 0 Å². The van der Waals surface area contributed by atoms with Crippen molar-refractivity contribution >= 4 is 5.65 Å². The maximum Gasteiger partial charge on any atom is 0.418 e. The molecule has 0 spiro atoms. The highest BCUT2D eigenvalue weighted by molar-refractivity contribution is 5.39. The van der Waals surface area contributed by atoms with Crippen LogP contribution in [-0.2, 0) is 10.8 Å². The van der Waals surface area contributed by atoms with Crippen molar-refractivity contribution < 1.29 is 18.3 Å². The fourth-order valence-corrected chi connectivity index (χ4v) is 2.44. The largest absolute Gasteiger partial charge is 0.491 e. The van der Waals surface area contributed by atoms with E-state index in [0.717, 1.165) is 11.1 Å². The molecule has 3 rings (SSSR count). The summed E-state index contributed by atoms with van der Waals surface area (Å²) >= 11 is 0. The van der Waals surface area contributed by atoms with Gasteiger partial charge < -0.3 is 9.47 Å². The SMILES string of the molecule is Cc1cccc(C)c1OCCOC(F)(F)c1nnc2ccccn12. The van der Waals surface area contributed by atoms with E-state index in [9.17, 15) is 8.78 Å². The van der Waals surface area contributed by atoms with Gasteiger partial charge in [0, 0.05) is 6.20 Å². The molecular formula is C17H17F2N3O2. The lowest BCUT2D eigenvalue weighted by Gasteiger charge is -2.16. The van der Waals surface area contributed by atoms with Crippen LogP contribution in [0.5, 0.6) is 5.75 Å². The molecule has 0 amide bonds. The summed E-state index contributed by atoms with van der Waals surface area (Å²) < 4.78 is 39.9. The standard InChI is InChI=1S/C17H17F2N3O2/c1-12-6-5-7-13(2)15(12)23-10-11-24-17(18,19)16-21-20-14-8-3-4-9-22(14)16/h3-9H,10-11H2,1-2H3. The molecule has 126 valence electrons. The molecule has 0 N–H and O–H groups in total. The molecule has 0 aliphatic carbocycles. The number of aryl methyl sites for hydroxylation is 2. The van der Waals surface area contributed by atoms with Crippen molar-refractivity contribution in [3.63, 3.8) is 0 Å². The van der Waals surface area contributed by atoms with E-state index in [0.29, 0.717) is 11.4 Å². The fourth-order valence-electron chi connectivity index (χ4n) is 2.44. The van der Waals surface area contributed by atoms with Gasteiger partial charge in [-0.3, -0.25) is 4.40 Å². The van der Waals surface area contributed by atoms with E-state index in [1.165, 1.54) is 10.6 Å². The summed E-state index contributed by atoms with van der Waals surface area (Å²) in [7, 11) is 0. The first-order valence-electron chi connectivity index (χ1n) is 7.50. The number of halogens is 2. The van der Waals surface area contributed by atoms with Gasteiger partial charge in [0.15, 0.2) is 5.65 Å². The predicted molar refractivity (Wildman–Crippen MR) is 84.2 cm³/mol. The zero-order valence-corrected chi connectivity index (χ0v) is 13.4. The van der Waals surface area contributed by atoms with Crippen molar-refractivity contribution in [2.75, 3.05) is 13.2 Å². The Morgan fingerprint density at radius 3 is 2.50 bits per heavy atom. The van der Waals surface area contributed by atoms with Crippen molar-refractivity contribution in [2.24, 2.45) is 0 Å². The Hall–Kier alpha value is -2.54. The van der Waals surface area contributed by atoms with E-state index in [2.05, 4.69) is 10.2 Å². The summed E-state index contributed by atoms with van der Waals surface area (Å²) in [4.78, 5) is 0. The molecule has 2 heterocycles. The van der Waals surface area contributed by atoms with Crippen LogP contribution in [0.4, 0.5) is 8.78 Å². The van der Waals surface area contributed by atoms with Crippen LogP contribution in [0.1, 0.15) is 17.0 Å². The van der Waals surface area contributed by atoms with Gasteiger partial charge in [-0.05, 0) is 37.1 Å². The zero-order valence-electron chi connectivity index (χ0n) is 13.4. The van der Waals surface area contributed by atoms with Crippen LogP contribution in [0.3, 0.4) is 0 Å². The van der Waals surface area contributed by atoms with Gasteiger partial charge in [-0.1, -0.05) is 24.3 Å². The molecule has 0 radical (unpaired) electrons. The summed E-state index contributed by atoms with van der Waals surface area (Å²) in [6.45, 7) is 3.54. The number of aromatic nitrogens is 3. The number of benzene rings is 1. The number of nitrogens with zero attached hydrogens (tertiary/aromatic N) is 3. The molecule has 0 fully saturated rings. The van der Waals surface area contributed by atoms with E-state index < -0.39 is 11.9 Å². The topological polar surface area (TPSA) is 48.7 Å². The Balaban J connectivity index is 1.63. The molecule has 0 aliphatic heterocycles. The van der Waals surface area contributed by atoms with E-state index in [4.69, 9.17) is 9.47 Å². The first-order chi connectivity index (χ1) is 11.5. The monoisotopic (exact) mass is 333 g/mol. The van der Waals surface area contributed by atoms with Crippen LogP contribution < -0.4 is 4.74 Å². The minimum Gasteiger partial charge on any atom is -0.491 e. The van der Waals surface area contributed by atoms with Gasteiger partial charge in [0.25, 0.3) is 0 Å². The molecule has 0 aliphatic rings. The lowest BCUT2D eigenvalue weighted by Crippen LogP contribution is -2.24. The van der Waals surface area contributed by atoms with Gasteiger partial charge in [0.05, 0.1) is 6.61 Å². The number of ether oxygens (including phenoxy) is 2. The maximum absolute atomic E-state index is 14.2. The Labute approximate surface area is 137 Å². The number of fused-ring (bicyclic) bond motifs is 1. The van der Waals surface area contributed by atoms with Crippen LogP contribution in [0.25, 0.3) is 5.65 Å². The first-order valence-corrected chi connectivity index (χ1v) is 7.50. The molecule has 1 aromatic carbocycles. The van der Waals surface area contributed by atoms with Gasteiger partial charge in [0.1, 0.15) is 12.4 Å². The van der Waals surface area contributed by atoms with Crippen molar-refractivity contribution in [3.8, 4) is 5.75 Å². The third-order valence-electron chi connectivity index (χ3n) is 3.60. The molecule has 5 nitrogen and oxygen atoms in total. The molecule has 24 heavy (non-hydrogen) atoms. The normalized spacial score (nSPS) is 11.8. The van der Waals surface area contributed by atoms with Gasteiger partial charge in [-0.2, -0.15) is 8.78 Å². The van der Waals surface area contributed by atoms with Gasteiger partial charge in [-0.15, -0.1) is 10.2 Å². The summed E-state index contributed by atoms with van der Waals surface area (Å²) in [5.74, 6) is 0.141. The minimum absolute atomic E-state index is 0.0119. The van der Waals surface area contributed by atoms with Crippen molar-refractivity contribution in [3.05, 3.63) is 59.5 Å². The van der Waals surface area contributed by atoms with Crippen molar-refractivity contribution in [2.45, 2.75) is 20.0 Å². The van der Waals surface area contributed by atoms with Crippen LogP contribution in [0.2, 0.25) is 0 Å². The number of pyridine rings is 1. The molecule has 0 saturated carbocycles. The fraction of sp³-hybridized carbons (Fsp3) is 0.294. The lowest BCUT2D eigenvalue weighted by atomic mass is 10.1. The first kappa shape index (κ1) is 16.3. The Bertz CT molecular complexity index is 828. The van der Waals surface area contributed by atoms with E-state index in [1.54, 1.807) is 18.2 Å². The van der Waals surface area contributed by atoms with Gasteiger partial charge >= 0.3 is 6.11 Å². The molecule has 0 atom stereocenters. The van der Waals surface area contributed by atoms with Crippen LogP contribution in [0, 0.1) is 13.8 Å². The summed E-state index contributed by atoms with van der Waals surface area (Å²) in [5.41, 5.74) is 2.23. The predicted octanol–water partition coefficient (Wildman–Crippen LogP) is 3.49. The Morgan fingerprint density at radius 1 is 1.00 bits per heavy atom. The second-order valence-electron chi connectivity index (χ2n) is 5.39. The highest BCUT2D eigenvalue weighted by atomic mass is 19.3. The number of para-hydroxylation sites is 1. The second kappa shape index (κ2) is 6.52. The highest BCUT2D eigenvalue weighted by Crippen LogP contribution is 2.28. The number of rotatable bonds is 6. The molecule has 0 saturated heterocycles. The average molecular weight is 333 g/mol. The highest BCUT2D eigenvalue weighted by Gasteiger charge is 2.38. The van der Waals surface area contributed by atoms with Gasteiger partial charge in [-0.25, -0.2) is 0 Å². The summed E-state index contributed by atoms with van der Waals surface area (Å²) in [6, 6.07) is 10.6. The average Bonchev–Trinajstić information content (AvgIpc) is 2.98. The van der Waals surface area contributed by atoms with Crippen LogP contribution >= 0.6 is 0 Å². The summed E-state index contributed by atoms with van der Waals surface area (Å²) in [6.07, 6.45) is -2.08. The quantitative estimate of drug-likeness (QED) is 0.648. The minimum atomic E-state index is -3.55. The number of alkyl halides is 2. The van der Waals surface area contributed by atoms with Gasteiger partial charge in [0.2, 0.25) is 5.82 Å². The maximum atomic E-state index is 14.2. The van der Waals surface area contributed by atoms with Crippen LogP contribution in [0.15, 0.2) is 42.6 Å². The Kier molecular flexibility index (Phi) is 4.44. The number of hydrogen-bond donors (Lipinski definition) is 0. The lowest BCUT2D eigenvalue weighted by molar-refractivity contribution is -0.256. The van der Waals surface area contributed by atoms with E-state index in [-0.39, 0.29) is 13.2 Å².